The van der Waals surface area contributed by atoms with Gasteiger partial charge in [0.05, 0.1) is 6.54 Å². The fourth-order valence-corrected chi connectivity index (χ4v) is 2.48. The molecular weight excluding hydrogens is 340 g/mol. The molecular formula is C19H17F2N3O2. The first-order valence-corrected chi connectivity index (χ1v) is 7.95. The van der Waals surface area contributed by atoms with Gasteiger partial charge in [-0.3, -0.25) is 9.48 Å². The summed E-state index contributed by atoms with van der Waals surface area (Å²) in [5.41, 5.74) is 2.49. The average molecular weight is 357 g/mol. The minimum atomic E-state index is -2.94. The molecule has 1 heterocycles. The van der Waals surface area contributed by atoms with Crippen molar-refractivity contribution in [1.29, 1.82) is 0 Å². The molecule has 1 amide bonds. The van der Waals surface area contributed by atoms with E-state index in [1.807, 2.05) is 31.2 Å². The van der Waals surface area contributed by atoms with E-state index in [9.17, 15) is 13.6 Å². The summed E-state index contributed by atoms with van der Waals surface area (Å²) in [4.78, 5) is 12.3. The molecule has 1 aromatic heterocycles. The summed E-state index contributed by atoms with van der Waals surface area (Å²) < 4.78 is 30.6. The minimum Gasteiger partial charge on any atom is -0.435 e. The fourth-order valence-electron chi connectivity index (χ4n) is 2.48. The molecule has 3 rings (SSSR count). The Morgan fingerprint density at radius 2 is 2.00 bits per heavy atom. The molecule has 0 aliphatic heterocycles. The van der Waals surface area contributed by atoms with Crippen molar-refractivity contribution >= 4 is 11.7 Å². The Hall–Kier alpha value is -3.22. The van der Waals surface area contributed by atoms with E-state index in [0.717, 1.165) is 11.1 Å². The van der Waals surface area contributed by atoms with E-state index in [1.165, 1.54) is 24.3 Å². The number of nitrogens with zero attached hydrogens (tertiary/aromatic N) is 2. The lowest BCUT2D eigenvalue weighted by Gasteiger charge is -2.07. The Balaban J connectivity index is 1.67. The van der Waals surface area contributed by atoms with Gasteiger partial charge in [0.15, 0.2) is 5.82 Å². The van der Waals surface area contributed by atoms with Crippen LogP contribution in [0.2, 0.25) is 0 Å². The van der Waals surface area contributed by atoms with Crippen LogP contribution in [0.25, 0.3) is 0 Å². The van der Waals surface area contributed by atoms with Gasteiger partial charge in [0.25, 0.3) is 5.91 Å². The normalized spacial score (nSPS) is 10.8. The van der Waals surface area contributed by atoms with Crippen LogP contribution < -0.4 is 10.1 Å². The van der Waals surface area contributed by atoms with Crippen molar-refractivity contribution < 1.29 is 18.3 Å². The second-order valence-electron chi connectivity index (χ2n) is 5.69. The van der Waals surface area contributed by atoms with Gasteiger partial charge in [0.2, 0.25) is 0 Å². The van der Waals surface area contributed by atoms with Crippen LogP contribution in [0, 0.1) is 6.92 Å². The van der Waals surface area contributed by atoms with Crippen molar-refractivity contribution in [3.63, 3.8) is 0 Å². The number of hydrogen-bond acceptors (Lipinski definition) is 3. The number of aromatic nitrogens is 2. The molecule has 0 fully saturated rings. The van der Waals surface area contributed by atoms with Crippen LogP contribution in [-0.4, -0.2) is 22.3 Å². The molecule has 0 saturated carbocycles. The Bertz CT molecular complexity index is 909. The highest BCUT2D eigenvalue weighted by Gasteiger charge is 2.11. The van der Waals surface area contributed by atoms with Gasteiger partial charge in [-0.1, -0.05) is 30.3 Å². The summed E-state index contributed by atoms with van der Waals surface area (Å²) in [6.07, 6.45) is 1.76. The molecule has 2 aromatic carbocycles. The van der Waals surface area contributed by atoms with Gasteiger partial charge >= 0.3 is 6.61 Å². The number of aryl methyl sites for hydroxylation is 1. The largest absolute Gasteiger partial charge is 0.435 e. The Kier molecular flexibility index (Phi) is 5.26. The van der Waals surface area contributed by atoms with Crippen molar-refractivity contribution in [3.05, 3.63) is 77.5 Å². The van der Waals surface area contributed by atoms with Crippen LogP contribution in [0.15, 0.2) is 60.8 Å². The summed E-state index contributed by atoms with van der Waals surface area (Å²) in [7, 11) is 0. The third-order valence-electron chi connectivity index (χ3n) is 3.80. The maximum absolute atomic E-state index is 12.3. The number of halogens is 2. The molecule has 0 aliphatic carbocycles. The molecule has 0 aliphatic rings. The number of anilines is 1. The van der Waals surface area contributed by atoms with Crippen LogP contribution in [0.1, 0.15) is 21.5 Å². The van der Waals surface area contributed by atoms with E-state index >= 15 is 0 Å². The topological polar surface area (TPSA) is 56.2 Å². The quantitative estimate of drug-likeness (QED) is 0.723. The lowest BCUT2D eigenvalue weighted by molar-refractivity contribution is -0.0498. The standard InChI is InChI=1S/C19H17F2N3O2/c1-13-5-2-3-6-15(13)12-24-10-9-17(23-24)22-18(25)14-7-4-8-16(11-14)26-19(20)21/h2-11,19H,12H2,1H3,(H,22,23,25). The number of carbonyl (C=O) groups is 1. The number of ether oxygens (including phenoxy) is 1. The molecule has 3 aromatic rings. The smallest absolute Gasteiger partial charge is 0.387 e. The molecule has 5 nitrogen and oxygen atoms in total. The lowest BCUT2D eigenvalue weighted by atomic mass is 10.1. The van der Waals surface area contributed by atoms with Gasteiger partial charge in [-0.2, -0.15) is 13.9 Å². The van der Waals surface area contributed by atoms with E-state index in [0.29, 0.717) is 12.4 Å². The van der Waals surface area contributed by atoms with Gasteiger partial charge in [0, 0.05) is 17.8 Å². The highest BCUT2D eigenvalue weighted by atomic mass is 19.3. The SMILES string of the molecule is Cc1ccccc1Cn1ccc(NC(=O)c2cccc(OC(F)F)c2)n1. The van der Waals surface area contributed by atoms with Crippen molar-refractivity contribution in [2.45, 2.75) is 20.1 Å². The third-order valence-corrected chi connectivity index (χ3v) is 3.80. The van der Waals surface area contributed by atoms with E-state index in [1.54, 1.807) is 16.9 Å². The van der Waals surface area contributed by atoms with E-state index in [4.69, 9.17) is 0 Å². The first-order chi connectivity index (χ1) is 12.5. The van der Waals surface area contributed by atoms with Crippen LogP contribution in [0.4, 0.5) is 14.6 Å². The second-order valence-corrected chi connectivity index (χ2v) is 5.69. The van der Waals surface area contributed by atoms with E-state index in [-0.39, 0.29) is 11.3 Å². The van der Waals surface area contributed by atoms with Crippen molar-refractivity contribution in [2.75, 3.05) is 5.32 Å². The number of alkyl halides is 2. The number of nitrogens with one attached hydrogen (secondary N) is 1. The summed E-state index contributed by atoms with van der Waals surface area (Å²) in [6.45, 7) is -0.332. The van der Waals surface area contributed by atoms with E-state index < -0.39 is 12.5 Å². The molecule has 26 heavy (non-hydrogen) atoms. The van der Waals surface area contributed by atoms with Gasteiger partial charge in [0.1, 0.15) is 5.75 Å². The van der Waals surface area contributed by atoms with Crippen molar-refractivity contribution in [3.8, 4) is 5.75 Å². The maximum atomic E-state index is 12.3. The Labute approximate surface area is 149 Å². The number of benzene rings is 2. The molecule has 0 saturated heterocycles. The highest BCUT2D eigenvalue weighted by Crippen LogP contribution is 2.17. The average Bonchev–Trinajstić information content (AvgIpc) is 3.03. The Morgan fingerprint density at radius 3 is 2.77 bits per heavy atom. The van der Waals surface area contributed by atoms with Crippen LogP contribution >= 0.6 is 0 Å². The highest BCUT2D eigenvalue weighted by molar-refractivity contribution is 6.03. The van der Waals surface area contributed by atoms with Crippen molar-refractivity contribution in [2.24, 2.45) is 0 Å². The second kappa shape index (κ2) is 7.77. The lowest BCUT2D eigenvalue weighted by Crippen LogP contribution is -2.13. The predicted molar refractivity (Wildman–Crippen MR) is 93.5 cm³/mol. The third kappa shape index (κ3) is 4.44. The Morgan fingerprint density at radius 1 is 1.19 bits per heavy atom. The number of rotatable bonds is 6. The van der Waals surface area contributed by atoms with Gasteiger partial charge in [-0.05, 0) is 36.2 Å². The molecule has 134 valence electrons. The van der Waals surface area contributed by atoms with Crippen LogP contribution in [0.5, 0.6) is 5.75 Å². The van der Waals surface area contributed by atoms with E-state index in [2.05, 4.69) is 15.2 Å². The van der Waals surface area contributed by atoms with Crippen LogP contribution in [-0.2, 0) is 6.54 Å². The van der Waals surface area contributed by atoms with Gasteiger partial charge in [-0.15, -0.1) is 0 Å². The molecule has 0 unspecified atom stereocenters. The molecule has 7 heteroatoms. The summed E-state index contributed by atoms with van der Waals surface area (Å²) in [5.74, 6) is -0.146. The first kappa shape index (κ1) is 17.6. The first-order valence-electron chi connectivity index (χ1n) is 7.95. The number of amides is 1. The summed E-state index contributed by atoms with van der Waals surface area (Å²) >= 11 is 0. The zero-order valence-corrected chi connectivity index (χ0v) is 14.0. The van der Waals surface area contributed by atoms with Crippen LogP contribution in [0.3, 0.4) is 0 Å². The number of carbonyl (C=O) groups excluding carboxylic acids is 1. The summed E-state index contributed by atoms with van der Waals surface area (Å²) in [5, 5.41) is 6.96. The summed E-state index contributed by atoms with van der Waals surface area (Å²) in [6, 6.07) is 15.3. The molecule has 0 atom stereocenters. The maximum Gasteiger partial charge on any atom is 0.387 e. The molecule has 0 radical (unpaired) electrons. The minimum absolute atomic E-state index is 0.0715. The predicted octanol–water partition coefficient (Wildman–Crippen LogP) is 4.09. The zero-order valence-electron chi connectivity index (χ0n) is 14.0. The fraction of sp³-hybridized carbons (Fsp3) is 0.158. The monoisotopic (exact) mass is 357 g/mol. The van der Waals surface area contributed by atoms with Crippen molar-refractivity contribution in [1.82, 2.24) is 9.78 Å². The zero-order chi connectivity index (χ0) is 18.5. The number of hydrogen-bond donors (Lipinski definition) is 1. The molecule has 0 bridgehead atoms. The molecule has 0 spiro atoms. The van der Waals surface area contributed by atoms with Gasteiger partial charge < -0.3 is 10.1 Å². The molecule has 1 N–H and O–H groups in total. The van der Waals surface area contributed by atoms with Gasteiger partial charge in [-0.25, -0.2) is 0 Å².